The molecule has 1 aliphatic rings. The number of nitrogens with one attached hydrogen (secondary N) is 1. The maximum atomic E-state index is 13.0. The molecule has 2 heterocycles. The van der Waals surface area contributed by atoms with E-state index in [0.29, 0.717) is 27.8 Å². The SMILES string of the molecule is Cc1ccc(-c2nc3c4c(ccc3[nH]2)C(=O)c2ccccc2C4=O)s1. The second kappa shape index (κ2) is 4.97. The molecule has 0 saturated carbocycles. The van der Waals surface area contributed by atoms with Crippen LogP contribution in [-0.2, 0) is 0 Å². The van der Waals surface area contributed by atoms with Gasteiger partial charge in [-0.2, -0.15) is 0 Å². The van der Waals surface area contributed by atoms with Crippen LogP contribution in [0.15, 0.2) is 48.5 Å². The summed E-state index contributed by atoms with van der Waals surface area (Å²) in [5.41, 5.74) is 3.06. The molecule has 2 aromatic heterocycles. The van der Waals surface area contributed by atoms with Crippen LogP contribution in [0.4, 0.5) is 0 Å². The third kappa shape index (κ3) is 1.96. The molecule has 0 aliphatic heterocycles. The summed E-state index contributed by atoms with van der Waals surface area (Å²) in [6, 6.07) is 14.5. The van der Waals surface area contributed by atoms with Gasteiger partial charge in [0.1, 0.15) is 11.3 Å². The number of thiophene rings is 1. The first-order valence-corrected chi connectivity index (χ1v) is 8.73. The topological polar surface area (TPSA) is 62.8 Å². The van der Waals surface area contributed by atoms with Crippen LogP contribution in [-0.4, -0.2) is 21.5 Å². The number of nitrogens with zero attached hydrogens (tertiary/aromatic N) is 1. The van der Waals surface area contributed by atoms with Gasteiger partial charge in [-0.15, -0.1) is 11.3 Å². The molecule has 5 heteroatoms. The molecule has 0 bridgehead atoms. The van der Waals surface area contributed by atoms with E-state index in [9.17, 15) is 9.59 Å². The van der Waals surface area contributed by atoms with E-state index in [0.717, 1.165) is 16.2 Å². The molecule has 25 heavy (non-hydrogen) atoms. The molecular formula is C20H12N2O2S. The number of H-pyrrole nitrogens is 1. The predicted molar refractivity (Wildman–Crippen MR) is 97.5 cm³/mol. The van der Waals surface area contributed by atoms with E-state index in [2.05, 4.69) is 9.97 Å². The molecule has 120 valence electrons. The first-order valence-electron chi connectivity index (χ1n) is 7.91. The number of hydrogen-bond acceptors (Lipinski definition) is 4. The van der Waals surface area contributed by atoms with Gasteiger partial charge in [-0.3, -0.25) is 9.59 Å². The molecule has 2 aromatic carbocycles. The summed E-state index contributed by atoms with van der Waals surface area (Å²) in [5.74, 6) is 0.459. The summed E-state index contributed by atoms with van der Waals surface area (Å²) < 4.78 is 0. The van der Waals surface area contributed by atoms with Crippen molar-refractivity contribution in [1.82, 2.24) is 9.97 Å². The molecule has 4 nitrogen and oxygen atoms in total. The average molecular weight is 344 g/mol. The van der Waals surface area contributed by atoms with Crippen molar-refractivity contribution in [1.29, 1.82) is 0 Å². The van der Waals surface area contributed by atoms with E-state index in [1.165, 1.54) is 4.88 Å². The number of aryl methyl sites for hydroxylation is 1. The minimum atomic E-state index is -0.142. The van der Waals surface area contributed by atoms with Crippen molar-refractivity contribution in [2.75, 3.05) is 0 Å². The number of ketones is 2. The highest BCUT2D eigenvalue weighted by Crippen LogP contribution is 2.34. The van der Waals surface area contributed by atoms with Gasteiger partial charge in [0.2, 0.25) is 0 Å². The fraction of sp³-hybridized carbons (Fsp3) is 0.0500. The Bertz CT molecular complexity index is 1200. The van der Waals surface area contributed by atoms with Gasteiger partial charge < -0.3 is 4.98 Å². The van der Waals surface area contributed by atoms with Gasteiger partial charge in [-0.05, 0) is 31.2 Å². The maximum Gasteiger partial charge on any atom is 0.196 e. The highest BCUT2D eigenvalue weighted by atomic mass is 32.1. The number of fused-ring (bicyclic) bond motifs is 4. The average Bonchev–Trinajstić information content (AvgIpc) is 3.24. The summed E-state index contributed by atoms with van der Waals surface area (Å²) in [6.07, 6.45) is 0. The van der Waals surface area contributed by atoms with E-state index in [4.69, 9.17) is 0 Å². The molecule has 4 aromatic rings. The number of aromatic nitrogens is 2. The number of aromatic amines is 1. The lowest BCUT2D eigenvalue weighted by atomic mass is 9.83. The summed E-state index contributed by atoms with van der Waals surface area (Å²) in [4.78, 5) is 35.9. The molecular weight excluding hydrogens is 332 g/mol. The van der Waals surface area contributed by atoms with Crippen LogP contribution in [0.3, 0.4) is 0 Å². The van der Waals surface area contributed by atoms with Crippen LogP contribution in [0.1, 0.15) is 36.7 Å². The largest absolute Gasteiger partial charge is 0.337 e. The second-order valence-corrected chi connectivity index (χ2v) is 7.37. The van der Waals surface area contributed by atoms with Gasteiger partial charge in [0, 0.05) is 21.6 Å². The van der Waals surface area contributed by atoms with E-state index in [1.807, 2.05) is 25.1 Å². The highest BCUT2D eigenvalue weighted by molar-refractivity contribution is 7.15. The molecule has 0 saturated heterocycles. The number of carbonyl (C=O) groups is 2. The lowest BCUT2D eigenvalue weighted by Gasteiger charge is -2.17. The lowest BCUT2D eigenvalue weighted by molar-refractivity contribution is 0.0980. The minimum Gasteiger partial charge on any atom is -0.337 e. The van der Waals surface area contributed by atoms with Crippen LogP contribution in [0.5, 0.6) is 0 Å². The van der Waals surface area contributed by atoms with Crippen molar-refractivity contribution in [3.8, 4) is 10.7 Å². The third-order valence-corrected chi connectivity index (χ3v) is 5.52. The zero-order chi connectivity index (χ0) is 17.1. The molecule has 1 aliphatic carbocycles. The third-order valence-electron chi connectivity index (χ3n) is 4.52. The van der Waals surface area contributed by atoms with Crippen molar-refractivity contribution in [2.24, 2.45) is 0 Å². The Morgan fingerprint density at radius 3 is 2.36 bits per heavy atom. The van der Waals surface area contributed by atoms with E-state index in [-0.39, 0.29) is 11.6 Å². The predicted octanol–water partition coefficient (Wildman–Crippen LogP) is 4.38. The van der Waals surface area contributed by atoms with E-state index < -0.39 is 0 Å². The molecule has 0 atom stereocenters. The Balaban J connectivity index is 1.78. The highest BCUT2D eigenvalue weighted by Gasteiger charge is 2.32. The van der Waals surface area contributed by atoms with Gasteiger partial charge in [0.05, 0.1) is 16.0 Å². The zero-order valence-electron chi connectivity index (χ0n) is 13.3. The minimum absolute atomic E-state index is 0.122. The lowest BCUT2D eigenvalue weighted by Crippen LogP contribution is -2.21. The van der Waals surface area contributed by atoms with Gasteiger partial charge in [0.15, 0.2) is 11.6 Å². The number of benzene rings is 2. The molecule has 0 amide bonds. The van der Waals surface area contributed by atoms with E-state index >= 15 is 0 Å². The van der Waals surface area contributed by atoms with E-state index in [1.54, 1.807) is 41.7 Å². The number of hydrogen-bond donors (Lipinski definition) is 1. The van der Waals surface area contributed by atoms with Crippen LogP contribution < -0.4 is 0 Å². The maximum absolute atomic E-state index is 13.0. The van der Waals surface area contributed by atoms with Gasteiger partial charge in [-0.1, -0.05) is 24.3 Å². The van der Waals surface area contributed by atoms with Crippen LogP contribution in [0, 0.1) is 6.92 Å². The Hall–Kier alpha value is -3.05. The van der Waals surface area contributed by atoms with Crippen LogP contribution in [0.2, 0.25) is 0 Å². The Kier molecular flexibility index (Phi) is 2.85. The zero-order valence-corrected chi connectivity index (χ0v) is 14.1. The van der Waals surface area contributed by atoms with Crippen LogP contribution >= 0.6 is 11.3 Å². The van der Waals surface area contributed by atoms with Crippen molar-refractivity contribution in [3.05, 3.63) is 75.7 Å². The smallest absolute Gasteiger partial charge is 0.196 e. The van der Waals surface area contributed by atoms with Crippen molar-refractivity contribution >= 4 is 33.9 Å². The van der Waals surface area contributed by atoms with Gasteiger partial charge in [0.25, 0.3) is 0 Å². The first-order chi connectivity index (χ1) is 12.1. The first kappa shape index (κ1) is 14.3. The van der Waals surface area contributed by atoms with Crippen molar-refractivity contribution in [3.63, 3.8) is 0 Å². The molecule has 0 fully saturated rings. The summed E-state index contributed by atoms with van der Waals surface area (Å²) in [7, 11) is 0. The Labute approximate surface area is 147 Å². The summed E-state index contributed by atoms with van der Waals surface area (Å²) >= 11 is 1.64. The number of imidazole rings is 1. The second-order valence-electron chi connectivity index (χ2n) is 6.08. The Morgan fingerprint density at radius 1 is 0.880 bits per heavy atom. The van der Waals surface area contributed by atoms with Gasteiger partial charge >= 0.3 is 0 Å². The summed E-state index contributed by atoms with van der Waals surface area (Å²) in [5, 5.41) is 0. The fourth-order valence-corrected chi connectivity index (χ4v) is 4.14. The van der Waals surface area contributed by atoms with Crippen LogP contribution in [0.25, 0.3) is 21.7 Å². The standard InChI is InChI=1S/C20H12N2O2S/c1-10-6-9-15(25-10)20-21-14-8-7-13-16(17(14)22-20)19(24)12-5-3-2-4-11(12)18(13)23/h2-9H,1H3,(H,21,22). The van der Waals surface area contributed by atoms with Crippen molar-refractivity contribution in [2.45, 2.75) is 6.92 Å². The molecule has 0 radical (unpaired) electrons. The molecule has 5 rings (SSSR count). The quantitative estimate of drug-likeness (QED) is 0.491. The van der Waals surface area contributed by atoms with Crippen molar-refractivity contribution < 1.29 is 9.59 Å². The summed E-state index contributed by atoms with van der Waals surface area (Å²) in [6.45, 7) is 2.04. The van der Waals surface area contributed by atoms with Gasteiger partial charge in [-0.25, -0.2) is 4.98 Å². The molecule has 0 unspecified atom stereocenters. The monoisotopic (exact) mass is 344 g/mol. The normalized spacial score (nSPS) is 13.2. The number of carbonyl (C=O) groups excluding carboxylic acids is 2. The molecule has 0 spiro atoms. The fourth-order valence-electron chi connectivity index (χ4n) is 3.33. The number of rotatable bonds is 1. The Morgan fingerprint density at radius 2 is 1.64 bits per heavy atom. The molecule has 1 N–H and O–H groups in total.